The van der Waals surface area contributed by atoms with Crippen molar-refractivity contribution in [2.75, 3.05) is 70.2 Å². The molecule has 17 heteroatoms. The molecule has 3 aromatic rings. The van der Waals surface area contributed by atoms with Crippen LogP contribution in [-0.2, 0) is 9.47 Å². The minimum absolute atomic E-state index is 0. The van der Waals surface area contributed by atoms with E-state index in [-0.39, 0.29) is 55.4 Å². The van der Waals surface area contributed by atoms with E-state index in [2.05, 4.69) is 53.6 Å². The number of nitrogens with one attached hydrogen (secondary N) is 2. The molecule has 0 aromatic carbocycles. The molecule has 3 fully saturated rings. The van der Waals surface area contributed by atoms with Crippen molar-refractivity contribution in [1.29, 1.82) is 0 Å². The molecule has 2 amide bonds. The van der Waals surface area contributed by atoms with Gasteiger partial charge in [-0.15, -0.1) is 37.2 Å². The third-order valence-electron chi connectivity index (χ3n) is 8.72. The molecule has 3 saturated heterocycles. The summed E-state index contributed by atoms with van der Waals surface area (Å²) in [4.78, 5) is 43.7. The second-order valence-corrected chi connectivity index (χ2v) is 16.3. The lowest BCUT2D eigenvalue weighted by atomic mass is 10.1. The van der Waals surface area contributed by atoms with Crippen LogP contribution in [0.5, 0.6) is 0 Å². The van der Waals surface area contributed by atoms with Gasteiger partial charge in [-0.05, 0) is 106 Å². The lowest BCUT2D eigenvalue weighted by Gasteiger charge is -2.45. The molecule has 6 heterocycles. The lowest BCUT2D eigenvalue weighted by Crippen LogP contribution is -2.60. The molecule has 3 aliphatic rings. The van der Waals surface area contributed by atoms with Gasteiger partial charge < -0.3 is 39.7 Å². The zero-order valence-electron chi connectivity index (χ0n) is 35.5. The molecule has 57 heavy (non-hydrogen) atoms. The van der Waals surface area contributed by atoms with Gasteiger partial charge in [-0.1, -0.05) is 11.6 Å². The molecule has 6 rings (SSSR count). The number of likely N-dealkylation sites (N-methyl/N-ethyl adjacent to an activating group) is 3. The smallest absolute Gasteiger partial charge is 0.410 e. The van der Waals surface area contributed by atoms with Gasteiger partial charge in [-0.25, -0.2) is 9.59 Å². The van der Waals surface area contributed by atoms with Gasteiger partial charge in [0.15, 0.2) is 0 Å². The Morgan fingerprint density at radius 1 is 0.702 bits per heavy atom. The Balaban J connectivity index is 0.000000753. The first-order chi connectivity index (χ1) is 25.2. The number of aryl methyl sites for hydroxylation is 3. The van der Waals surface area contributed by atoms with Gasteiger partial charge >= 0.3 is 12.2 Å². The number of ether oxygens (including phenoxy) is 2. The maximum absolute atomic E-state index is 12.0. The standard InChI is InChI=1S/C15H23N3O2.C10H15N3.C9H18N2O2.C6H6ClN.3ClH/c1-11-8-12(6-7-16-11)18-9-13(10-18)17(5)14(19)20-15(2,3)4;1-8-5-10(3-4-12-8)13-6-9(7-13)11-2;1-9(2,3)13-8(12)11(4)7-5-10-6-7;1-5-4-6(7)2-3-8-5;;;/h6-8,13H,9-10H2,1-5H3;3-5,9,11H,6-7H2,1-2H3;7,10H,5-6H2,1-4H3;2-4H,1H3;3*1H. The van der Waals surface area contributed by atoms with Crippen LogP contribution in [0.25, 0.3) is 0 Å². The van der Waals surface area contributed by atoms with E-state index in [1.807, 2.05) is 93.9 Å². The third-order valence-corrected chi connectivity index (χ3v) is 8.95. The van der Waals surface area contributed by atoms with Gasteiger partial charge in [0, 0.05) is 111 Å². The Hall–Kier alpha value is -3.33. The Labute approximate surface area is 364 Å². The molecular weight excluding hydrogens is 812 g/mol. The number of nitrogens with zero attached hydrogens (tertiary/aromatic N) is 7. The van der Waals surface area contributed by atoms with E-state index >= 15 is 0 Å². The molecule has 0 radical (unpaired) electrons. The van der Waals surface area contributed by atoms with Gasteiger partial charge in [-0.2, -0.15) is 0 Å². The number of carbonyl (C=O) groups excluding carboxylic acids is 2. The first kappa shape index (κ1) is 53.7. The zero-order valence-corrected chi connectivity index (χ0v) is 38.7. The lowest BCUT2D eigenvalue weighted by molar-refractivity contribution is 0.0170. The Morgan fingerprint density at radius 3 is 1.40 bits per heavy atom. The van der Waals surface area contributed by atoms with E-state index in [9.17, 15) is 9.59 Å². The number of hydrogen-bond donors (Lipinski definition) is 2. The average molecular weight is 878 g/mol. The third kappa shape index (κ3) is 18.9. The van der Waals surface area contributed by atoms with Gasteiger partial charge in [0.05, 0.1) is 12.1 Å². The molecule has 0 unspecified atom stereocenters. The van der Waals surface area contributed by atoms with Crippen LogP contribution < -0.4 is 20.4 Å². The fourth-order valence-electron chi connectivity index (χ4n) is 5.26. The number of amides is 2. The van der Waals surface area contributed by atoms with Crippen LogP contribution in [0, 0.1) is 20.8 Å². The van der Waals surface area contributed by atoms with Crippen LogP contribution in [0.1, 0.15) is 58.6 Å². The summed E-state index contributed by atoms with van der Waals surface area (Å²) in [5, 5.41) is 7.12. The van der Waals surface area contributed by atoms with E-state index in [4.69, 9.17) is 21.1 Å². The molecule has 0 saturated carbocycles. The van der Waals surface area contributed by atoms with E-state index in [1.165, 1.54) is 5.69 Å². The van der Waals surface area contributed by atoms with Crippen molar-refractivity contribution in [3.8, 4) is 0 Å². The summed E-state index contributed by atoms with van der Waals surface area (Å²) in [5.74, 6) is 0. The predicted molar refractivity (Wildman–Crippen MR) is 239 cm³/mol. The number of pyridine rings is 3. The molecule has 0 spiro atoms. The maximum Gasteiger partial charge on any atom is 0.410 e. The monoisotopic (exact) mass is 875 g/mol. The largest absolute Gasteiger partial charge is 0.444 e. The van der Waals surface area contributed by atoms with E-state index in [1.54, 1.807) is 36.2 Å². The van der Waals surface area contributed by atoms with Gasteiger partial charge in [-0.3, -0.25) is 15.0 Å². The second-order valence-electron chi connectivity index (χ2n) is 15.9. The number of rotatable bonds is 5. The molecular formula is C40H65Cl4N9O4. The molecule has 2 N–H and O–H groups in total. The number of carbonyl (C=O) groups is 2. The number of hydrogen-bond acceptors (Lipinski definition) is 11. The van der Waals surface area contributed by atoms with Crippen molar-refractivity contribution in [3.63, 3.8) is 0 Å². The topological polar surface area (TPSA) is 128 Å². The van der Waals surface area contributed by atoms with Gasteiger partial charge in [0.2, 0.25) is 0 Å². The normalized spacial score (nSPS) is 14.8. The average Bonchev–Trinajstić information content (AvgIpc) is 2.98. The number of halogens is 4. The molecule has 0 bridgehead atoms. The number of anilines is 2. The van der Waals surface area contributed by atoms with Crippen molar-refractivity contribution in [1.82, 2.24) is 35.4 Å². The number of aromatic nitrogens is 3. The summed E-state index contributed by atoms with van der Waals surface area (Å²) >= 11 is 5.60. The fourth-order valence-corrected chi connectivity index (χ4v) is 5.48. The highest BCUT2D eigenvalue weighted by Gasteiger charge is 2.34. The highest BCUT2D eigenvalue weighted by Crippen LogP contribution is 2.24. The molecule has 13 nitrogen and oxygen atoms in total. The summed E-state index contributed by atoms with van der Waals surface area (Å²) in [6.45, 7) is 22.8. The minimum Gasteiger partial charge on any atom is -0.444 e. The van der Waals surface area contributed by atoms with Crippen LogP contribution in [-0.4, -0.2) is 127 Å². The SMILES string of the molecule is CN(C(=O)OC(C)(C)C)C1CNC1.CNC1CN(c2ccnc(C)c2)C1.Cc1cc(Cl)ccn1.Cc1cc(N2CC(N(C)C(=O)OC(C)(C)C)C2)ccn1.Cl.Cl.Cl. The van der Waals surface area contributed by atoms with Crippen molar-refractivity contribution in [2.45, 2.75) is 91.6 Å². The highest BCUT2D eigenvalue weighted by molar-refractivity contribution is 6.30. The zero-order chi connectivity index (χ0) is 40.2. The van der Waals surface area contributed by atoms with Crippen LogP contribution in [0.15, 0.2) is 55.0 Å². The van der Waals surface area contributed by atoms with Crippen molar-refractivity contribution in [3.05, 3.63) is 77.1 Å². The predicted octanol–water partition coefficient (Wildman–Crippen LogP) is 7.38. The summed E-state index contributed by atoms with van der Waals surface area (Å²) in [5.41, 5.74) is 4.65. The Kier molecular flexibility index (Phi) is 23.1. The van der Waals surface area contributed by atoms with Gasteiger partial charge in [0.1, 0.15) is 11.2 Å². The van der Waals surface area contributed by atoms with E-state index < -0.39 is 11.2 Å². The highest BCUT2D eigenvalue weighted by atomic mass is 35.5. The van der Waals surface area contributed by atoms with E-state index in [0.717, 1.165) is 67.1 Å². The van der Waals surface area contributed by atoms with Crippen LogP contribution in [0.2, 0.25) is 5.02 Å². The summed E-state index contributed by atoms with van der Waals surface area (Å²) in [6.07, 6.45) is 4.89. The van der Waals surface area contributed by atoms with Crippen molar-refractivity contribution < 1.29 is 19.1 Å². The van der Waals surface area contributed by atoms with E-state index in [0.29, 0.717) is 12.1 Å². The van der Waals surface area contributed by atoms with Gasteiger partial charge in [0.25, 0.3) is 0 Å². The van der Waals surface area contributed by atoms with Crippen LogP contribution in [0.3, 0.4) is 0 Å². The molecule has 3 aromatic heterocycles. The fraction of sp³-hybridized carbons (Fsp3) is 0.575. The molecule has 322 valence electrons. The molecule has 0 aliphatic carbocycles. The van der Waals surface area contributed by atoms with Crippen molar-refractivity contribution >= 4 is 72.4 Å². The second kappa shape index (κ2) is 24.6. The van der Waals surface area contributed by atoms with Crippen LogP contribution in [0.4, 0.5) is 21.0 Å². The Bertz CT molecular complexity index is 1630. The first-order valence-electron chi connectivity index (χ1n) is 18.5. The van der Waals surface area contributed by atoms with Crippen LogP contribution >= 0.6 is 48.8 Å². The molecule has 0 atom stereocenters. The maximum atomic E-state index is 12.0. The summed E-state index contributed by atoms with van der Waals surface area (Å²) < 4.78 is 10.6. The first-order valence-corrected chi connectivity index (χ1v) is 18.9. The van der Waals surface area contributed by atoms with Crippen molar-refractivity contribution in [2.24, 2.45) is 0 Å². The summed E-state index contributed by atoms with van der Waals surface area (Å²) in [6, 6.07) is 13.0. The quantitative estimate of drug-likeness (QED) is 0.267. The molecule has 3 aliphatic heterocycles. The summed E-state index contributed by atoms with van der Waals surface area (Å²) in [7, 11) is 5.59. The minimum atomic E-state index is -0.447. The Morgan fingerprint density at radius 2 is 1.09 bits per heavy atom.